The van der Waals surface area contributed by atoms with Gasteiger partial charge in [-0.1, -0.05) is 42.5 Å². The number of nitrogens with one attached hydrogen (secondary N) is 2. The van der Waals surface area contributed by atoms with Crippen LogP contribution in [-0.4, -0.2) is 36.6 Å². The lowest BCUT2D eigenvalue weighted by molar-refractivity contribution is -0.137. The molecule has 5 rings (SSSR count). The Labute approximate surface area is 251 Å². The second-order valence-electron chi connectivity index (χ2n) is 9.66. The number of hydrogen-bond acceptors (Lipinski definition) is 7. The van der Waals surface area contributed by atoms with Gasteiger partial charge in [0.2, 0.25) is 0 Å². The highest BCUT2D eigenvalue weighted by atomic mass is 32.2. The number of aromatic nitrogens is 2. The molecule has 0 radical (unpaired) electrons. The fraction of sp³-hybridized carbons (Fsp3) is 0.161. The first-order valence-corrected chi connectivity index (χ1v) is 15.6. The number of pyridine rings is 1. The van der Waals surface area contributed by atoms with Gasteiger partial charge in [-0.05, 0) is 67.1 Å². The summed E-state index contributed by atoms with van der Waals surface area (Å²) in [5, 5.41) is 15.7. The van der Waals surface area contributed by atoms with Crippen molar-refractivity contribution >= 4 is 27.0 Å². The normalized spacial score (nSPS) is 12.7. The van der Waals surface area contributed by atoms with E-state index < -0.39 is 27.9 Å². The first kappa shape index (κ1) is 30.4. The van der Waals surface area contributed by atoms with E-state index in [0.717, 1.165) is 17.7 Å². The number of sulfonamides is 1. The third kappa shape index (κ3) is 7.85. The molecular formula is C31H27F3N4O3S2. The summed E-state index contributed by atoms with van der Waals surface area (Å²) in [6.07, 6.45) is -2.77. The smallest absolute Gasteiger partial charge is 0.385 e. The fourth-order valence-electron chi connectivity index (χ4n) is 4.25. The number of benzene rings is 3. The molecule has 0 amide bonds. The van der Waals surface area contributed by atoms with Crippen molar-refractivity contribution in [1.82, 2.24) is 15.3 Å². The summed E-state index contributed by atoms with van der Waals surface area (Å²) < 4.78 is 67.1. The Morgan fingerprint density at radius 2 is 1.58 bits per heavy atom. The van der Waals surface area contributed by atoms with Gasteiger partial charge in [0.15, 0.2) is 0 Å². The minimum Gasteiger partial charge on any atom is -0.385 e. The van der Waals surface area contributed by atoms with E-state index in [1.165, 1.54) is 35.6 Å². The Morgan fingerprint density at radius 3 is 2.23 bits per heavy atom. The van der Waals surface area contributed by atoms with Gasteiger partial charge in [0.25, 0.3) is 10.0 Å². The summed E-state index contributed by atoms with van der Waals surface area (Å²) in [5.74, 6) is 0. The van der Waals surface area contributed by atoms with Crippen LogP contribution in [0.1, 0.15) is 22.9 Å². The van der Waals surface area contributed by atoms with Crippen molar-refractivity contribution in [3.05, 3.63) is 119 Å². The highest BCUT2D eigenvalue weighted by molar-refractivity contribution is 7.92. The molecule has 2 aromatic heterocycles. The molecule has 0 aliphatic heterocycles. The van der Waals surface area contributed by atoms with Gasteiger partial charge in [-0.15, -0.1) is 11.3 Å². The summed E-state index contributed by atoms with van der Waals surface area (Å²) in [4.78, 5) is 8.73. The lowest BCUT2D eigenvalue weighted by atomic mass is 10.1. The number of hydrogen-bond donors (Lipinski definition) is 3. The molecule has 5 aromatic rings. The van der Waals surface area contributed by atoms with Crippen molar-refractivity contribution in [1.29, 1.82) is 0 Å². The molecule has 2 heterocycles. The molecule has 1 atom stereocenters. The van der Waals surface area contributed by atoms with Crippen LogP contribution in [0.5, 0.6) is 0 Å². The molecule has 0 aliphatic rings. The number of aliphatic hydroxyl groups is 1. The van der Waals surface area contributed by atoms with Crippen LogP contribution in [0.25, 0.3) is 21.8 Å². The Balaban J connectivity index is 1.15. The van der Waals surface area contributed by atoms with Crippen molar-refractivity contribution < 1.29 is 26.7 Å². The molecule has 0 bridgehead atoms. The van der Waals surface area contributed by atoms with E-state index in [9.17, 15) is 26.7 Å². The van der Waals surface area contributed by atoms with Crippen molar-refractivity contribution in [2.75, 3.05) is 17.8 Å². The van der Waals surface area contributed by atoms with E-state index in [-0.39, 0.29) is 4.90 Å². The summed E-state index contributed by atoms with van der Waals surface area (Å²) in [7, 11) is -3.84. The van der Waals surface area contributed by atoms with Gasteiger partial charge in [0.05, 0.1) is 21.8 Å². The van der Waals surface area contributed by atoms with Crippen LogP contribution in [0.15, 0.2) is 107 Å². The van der Waals surface area contributed by atoms with Crippen LogP contribution < -0.4 is 10.0 Å². The number of alkyl halides is 3. The van der Waals surface area contributed by atoms with Gasteiger partial charge in [0.1, 0.15) is 11.1 Å². The van der Waals surface area contributed by atoms with Crippen LogP contribution in [0, 0.1) is 0 Å². The fourth-order valence-corrected chi connectivity index (χ4v) is 6.14. The average molecular weight is 625 g/mol. The first-order chi connectivity index (χ1) is 20.6. The third-order valence-corrected chi connectivity index (χ3v) is 8.88. The Kier molecular flexibility index (Phi) is 9.21. The van der Waals surface area contributed by atoms with Crippen LogP contribution in [0.4, 0.5) is 18.9 Å². The first-order valence-electron chi connectivity index (χ1n) is 13.2. The lowest BCUT2D eigenvalue weighted by Crippen LogP contribution is -2.24. The molecule has 12 heteroatoms. The summed E-state index contributed by atoms with van der Waals surface area (Å²) in [5.41, 5.74) is 3.09. The summed E-state index contributed by atoms with van der Waals surface area (Å²) in [6, 6.07) is 23.5. The maximum absolute atomic E-state index is 13.0. The van der Waals surface area contributed by atoms with E-state index in [0.29, 0.717) is 52.7 Å². The summed E-state index contributed by atoms with van der Waals surface area (Å²) in [6.45, 7) is 1.00. The van der Waals surface area contributed by atoms with Crippen LogP contribution in [0.2, 0.25) is 0 Å². The highest BCUT2D eigenvalue weighted by Crippen LogP contribution is 2.33. The molecule has 0 saturated carbocycles. The van der Waals surface area contributed by atoms with E-state index >= 15 is 0 Å². The highest BCUT2D eigenvalue weighted by Gasteiger charge is 2.30. The van der Waals surface area contributed by atoms with Crippen molar-refractivity contribution in [3.63, 3.8) is 0 Å². The SMILES string of the molecule is O=S(=O)(Nc1ccc(CCNC[C@@H](O)c2ccccn2)cc1)c1ccc(-c2nc(-c3ccc(C(F)(F)F)cc3)cs2)cc1. The largest absolute Gasteiger partial charge is 0.416 e. The molecule has 3 aromatic carbocycles. The average Bonchev–Trinajstić information content (AvgIpc) is 3.51. The van der Waals surface area contributed by atoms with E-state index in [2.05, 4.69) is 20.0 Å². The van der Waals surface area contributed by atoms with Crippen LogP contribution in [-0.2, 0) is 22.6 Å². The Hall–Kier alpha value is -4.10. The molecular weight excluding hydrogens is 597 g/mol. The predicted octanol–water partition coefficient (Wildman–Crippen LogP) is 6.56. The van der Waals surface area contributed by atoms with Gasteiger partial charge < -0.3 is 10.4 Å². The second-order valence-corrected chi connectivity index (χ2v) is 12.2. The molecule has 0 unspecified atom stereocenters. The Morgan fingerprint density at radius 1 is 0.884 bits per heavy atom. The Bertz CT molecular complexity index is 1740. The molecule has 3 N–H and O–H groups in total. The number of aliphatic hydroxyl groups excluding tert-OH is 1. The van der Waals surface area contributed by atoms with Gasteiger partial charge in [0, 0.05) is 34.9 Å². The minimum atomic E-state index is -4.41. The number of anilines is 1. The van der Waals surface area contributed by atoms with Gasteiger partial charge >= 0.3 is 6.18 Å². The zero-order chi connectivity index (χ0) is 30.5. The van der Waals surface area contributed by atoms with Crippen molar-refractivity contribution in [3.8, 4) is 21.8 Å². The molecule has 222 valence electrons. The molecule has 0 saturated heterocycles. The molecule has 0 fully saturated rings. The zero-order valence-corrected chi connectivity index (χ0v) is 24.3. The third-order valence-electron chi connectivity index (χ3n) is 6.59. The van der Waals surface area contributed by atoms with E-state index in [1.807, 2.05) is 18.2 Å². The van der Waals surface area contributed by atoms with Crippen molar-refractivity contribution in [2.45, 2.75) is 23.6 Å². The minimum absolute atomic E-state index is 0.0792. The summed E-state index contributed by atoms with van der Waals surface area (Å²) >= 11 is 1.31. The lowest BCUT2D eigenvalue weighted by Gasteiger charge is -2.12. The predicted molar refractivity (Wildman–Crippen MR) is 161 cm³/mol. The van der Waals surface area contributed by atoms with Gasteiger partial charge in [-0.2, -0.15) is 13.2 Å². The standard InChI is InChI=1S/C31H27F3N4O3S2/c32-31(33,34)24-10-6-22(7-11-24)28-20-42-30(37-28)23-8-14-26(15-9-23)43(40,41)38-25-12-4-21(5-13-25)16-18-35-19-29(39)27-3-1-2-17-36-27/h1-15,17,20,29,35,38-39H,16,18-19H2/t29-/m1/s1. The molecule has 7 nitrogen and oxygen atoms in total. The molecule has 43 heavy (non-hydrogen) atoms. The topological polar surface area (TPSA) is 104 Å². The van der Waals surface area contributed by atoms with E-state index in [1.54, 1.807) is 48.0 Å². The number of halogens is 3. The van der Waals surface area contributed by atoms with Gasteiger partial charge in [-0.25, -0.2) is 13.4 Å². The van der Waals surface area contributed by atoms with Crippen LogP contribution in [0.3, 0.4) is 0 Å². The molecule has 0 spiro atoms. The molecule has 0 aliphatic carbocycles. The maximum atomic E-state index is 13.0. The zero-order valence-electron chi connectivity index (χ0n) is 22.6. The number of nitrogens with zero attached hydrogens (tertiary/aromatic N) is 2. The van der Waals surface area contributed by atoms with E-state index in [4.69, 9.17) is 0 Å². The van der Waals surface area contributed by atoms with Crippen LogP contribution >= 0.6 is 11.3 Å². The number of thiazole rings is 1. The maximum Gasteiger partial charge on any atom is 0.416 e. The van der Waals surface area contributed by atoms with Gasteiger partial charge in [-0.3, -0.25) is 9.71 Å². The van der Waals surface area contributed by atoms with Crippen molar-refractivity contribution in [2.24, 2.45) is 0 Å². The quantitative estimate of drug-likeness (QED) is 0.144. The number of rotatable bonds is 11. The second kappa shape index (κ2) is 13.0. The monoisotopic (exact) mass is 624 g/mol.